The fourth-order valence-corrected chi connectivity index (χ4v) is 0.508. The molecule has 0 fully saturated rings. The van der Waals surface area contributed by atoms with Gasteiger partial charge in [-0.2, -0.15) is 0 Å². The molecule has 0 aliphatic carbocycles. The van der Waals surface area contributed by atoms with Crippen molar-refractivity contribution in [2.45, 2.75) is 13.2 Å². The minimum absolute atomic E-state index is 0.117. The molecule has 0 aromatic heterocycles. The topological polar surface area (TPSA) is 104 Å². The van der Waals surface area contributed by atoms with Gasteiger partial charge < -0.3 is 20.1 Å². The summed E-state index contributed by atoms with van der Waals surface area (Å²) in [5, 5.41) is 24.8. The van der Waals surface area contributed by atoms with Crippen LogP contribution in [0.25, 0.3) is 0 Å². The molecule has 0 bridgehead atoms. The van der Waals surface area contributed by atoms with Gasteiger partial charge in [-0.3, -0.25) is 0 Å². The second-order valence-electron chi connectivity index (χ2n) is 2.24. The lowest BCUT2D eigenvalue weighted by Crippen LogP contribution is -2.18. The van der Waals surface area contributed by atoms with E-state index in [1.54, 1.807) is 0 Å². The van der Waals surface area contributed by atoms with Crippen molar-refractivity contribution in [1.82, 2.24) is 0 Å². The molecule has 0 saturated heterocycles. The maximum Gasteiger partial charge on any atom is 0.334 e. The number of carboxylic acids is 1. The molecule has 74 valence electrons. The first-order chi connectivity index (χ1) is 5.93. The van der Waals surface area contributed by atoms with E-state index in [-0.39, 0.29) is 5.57 Å². The minimum atomic E-state index is -1.75. The van der Waals surface area contributed by atoms with Crippen LogP contribution in [0, 0.1) is 0 Å². The number of aliphatic hydroxyl groups is 2. The van der Waals surface area contributed by atoms with Crippen molar-refractivity contribution in [2.75, 3.05) is 6.61 Å². The standard InChI is InChI=1S/C7H10O6/c1-4(2-5(8)9)7(12)13-3-6(10)11/h2,6,10-11H,3H2,1H3,(H,8,9)/b4-2-. The smallest absolute Gasteiger partial charge is 0.334 e. The number of carbonyl (C=O) groups excluding carboxylic acids is 1. The summed E-state index contributed by atoms with van der Waals surface area (Å²) in [6.07, 6.45) is -1.08. The van der Waals surface area contributed by atoms with Gasteiger partial charge in [0.15, 0.2) is 6.29 Å². The third-order valence-corrected chi connectivity index (χ3v) is 1.03. The Morgan fingerprint density at radius 1 is 1.46 bits per heavy atom. The highest BCUT2D eigenvalue weighted by Gasteiger charge is 2.09. The Balaban J connectivity index is 4.04. The van der Waals surface area contributed by atoms with Crippen LogP contribution in [0.15, 0.2) is 11.6 Å². The zero-order valence-corrected chi connectivity index (χ0v) is 6.93. The lowest BCUT2D eigenvalue weighted by atomic mass is 10.3. The number of carbonyl (C=O) groups is 2. The molecule has 0 rings (SSSR count). The van der Waals surface area contributed by atoms with E-state index in [0.29, 0.717) is 6.08 Å². The van der Waals surface area contributed by atoms with E-state index in [0.717, 1.165) is 0 Å². The molecule has 0 spiro atoms. The molecule has 0 aromatic rings. The Hall–Kier alpha value is -1.40. The van der Waals surface area contributed by atoms with Gasteiger partial charge in [0.05, 0.1) is 0 Å². The van der Waals surface area contributed by atoms with E-state index in [4.69, 9.17) is 15.3 Å². The Kier molecular flexibility index (Phi) is 4.71. The molecule has 0 aliphatic heterocycles. The first-order valence-electron chi connectivity index (χ1n) is 3.38. The van der Waals surface area contributed by atoms with E-state index >= 15 is 0 Å². The summed E-state index contributed by atoms with van der Waals surface area (Å²) >= 11 is 0. The highest BCUT2D eigenvalue weighted by molar-refractivity contribution is 5.95. The molecule has 3 N–H and O–H groups in total. The lowest BCUT2D eigenvalue weighted by Gasteiger charge is -2.04. The van der Waals surface area contributed by atoms with E-state index < -0.39 is 24.8 Å². The molecule has 6 nitrogen and oxygen atoms in total. The quantitative estimate of drug-likeness (QED) is 0.294. The largest absolute Gasteiger partial charge is 0.478 e. The van der Waals surface area contributed by atoms with Gasteiger partial charge in [0.2, 0.25) is 0 Å². The van der Waals surface area contributed by atoms with Crippen LogP contribution in [0.5, 0.6) is 0 Å². The van der Waals surface area contributed by atoms with Crippen molar-refractivity contribution in [1.29, 1.82) is 0 Å². The maximum atomic E-state index is 10.8. The molecule has 6 heteroatoms. The summed E-state index contributed by atoms with van der Waals surface area (Å²) < 4.78 is 4.30. The van der Waals surface area contributed by atoms with Gasteiger partial charge in [0, 0.05) is 11.6 Å². The normalized spacial score (nSPS) is 11.5. The van der Waals surface area contributed by atoms with Crippen LogP contribution in [0.3, 0.4) is 0 Å². The number of hydrogen-bond donors (Lipinski definition) is 3. The Morgan fingerprint density at radius 2 is 2.00 bits per heavy atom. The zero-order valence-electron chi connectivity index (χ0n) is 6.93. The van der Waals surface area contributed by atoms with Crippen LogP contribution >= 0.6 is 0 Å². The average molecular weight is 190 g/mol. The molecular formula is C7H10O6. The molecule has 13 heavy (non-hydrogen) atoms. The van der Waals surface area contributed by atoms with E-state index in [1.807, 2.05) is 0 Å². The molecule has 0 aliphatic rings. The van der Waals surface area contributed by atoms with Crippen LogP contribution in [0.1, 0.15) is 6.92 Å². The van der Waals surface area contributed by atoms with Gasteiger partial charge in [-0.25, -0.2) is 9.59 Å². The van der Waals surface area contributed by atoms with E-state index in [2.05, 4.69) is 4.74 Å². The first-order valence-corrected chi connectivity index (χ1v) is 3.38. The predicted molar refractivity (Wildman–Crippen MR) is 40.6 cm³/mol. The molecular weight excluding hydrogens is 180 g/mol. The Morgan fingerprint density at radius 3 is 2.38 bits per heavy atom. The monoisotopic (exact) mass is 190 g/mol. The average Bonchev–Trinajstić information content (AvgIpc) is 1.98. The number of esters is 1. The van der Waals surface area contributed by atoms with Gasteiger partial charge in [-0.05, 0) is 6.92 Å². The maximum absolute atomic E-state index is 10.8. The third kappa shape index (κ3) is 5.83. The molecule has 0 saturated carbocycles. The van der Waals surface area contributed by atoms with Gasteiger partial charge in [-0.15, -0.1) is 0 Å². The predicted octanol–water partition coefficient (Wildman–Crippen LogP) is -1.13. The number of carboxylic acid groups (broad SMARTS) is 1. The zero-order chi connectivity index (χ0) is 10.4. The molecule has 0 aromatic carbocycles. The molecule has 0 heterocycles. The number of ether oxygens (including phenoxy) is 1. The summed E-state index contributed by atoms with van der Waals surface area (Å²) in [5.41, 5.74) is -0.117. The number of rotatable bonds is 4. The highest BCUT2D eigenvalue weighted by atomic mass is 16.6. The SMILES string of the molecule is C/C(=C/C(=O)O)C(=O)OCC(O)O. The minimum Gasteiger partial charge on any atom is -0.478 e. The molecule has 0 atom stereocenters. The lowest BCUT2D eigenvalue weighted by molar-refractivity contribution is -0.152. The van der Waals surface area contributed by atoms with Crippen molar-refractivity contribution in [3.05, 3.63) is 11.6 Å². The summed E-state index contributed by atoms with van der Waals surface area (Å²) in [6.45, 7) is 0.670. The van der Waals surface area contributed by atoms with Crippen LogP contribution < -0.4 is 0 Å². The number of aliphatic hydroxyl groups excluding tert-OH is 1. The van der Waals surface area contributed by atoms with Crippen LogP contribution in [-0.4, -0.2) is 40.2 Å². The highest BCUT2D eigenvalue weighted by Crippen LogP contribution is 1.96. The summed E-state index contributed by atoms with van der Waals surface area (Å²) in [5.74, 6) is -2.16. The van der Waals surface area contributed by atoms with Crippen LogP contribution in [0.2, 0.25) is 0 Å². The van der Waals surface area contributed by atoms with Crippen molar-refractivity contribution >= 4 is 11.9 Å². The molecule has 0 amide bonds. The van der Waals surface area contributed by atoms with E-state index in [1.165, 1.54) is 6.92 Å². The van der Waals surface area contributed by atoms with Crippen molar-refractivity contribution < 1.29 is 29.6 Å². The van der Waals surface area contributed by atoms with Crippen molar-refractivity contribution in [3.8, 4) is 0 Å². The van der Waals surface area contributed by atoms with Gasteiger partial charge in [-0.1, -0.05) is 0 Å². The number of aliphatic carboxylic acids is 1. The summed E-state index contributed by atoms with van der Waals surface area (Å²) in [4.78, 5) is 20.9. The van der Waals surface area contributed by atoms with Gasteiger partial charge >= 0.3 is 11.9 Å². The van der Waals surface area contributed by atoms with Gasteiger partial charge in [0.1, 0.15) is 6.61 Å². The second-order valence-corrected chi connectivity index (χ2v) is 2.24. The van der Waals surface area contributed by atoms with Gasteiger partial charge in [0.25, 0.3) is 0 Å². The summed E-state index contributed by atoms with van der Waals surface area (Å²) in [7, 11) is 0. The fourth-order valence-electron chi connectivity index (χ4n) is 0.508. The van der Waals surface area contributed by atoms with Crippen molar-refractivity contribution in [2.24, 2.45) is 0 Å². The van der Waals surface area contributed by atoms with Crippen molar-refractivity contribution in [3.63, 3.8) is 0 Å². The number of hydrogen-bond acceptors (Lipinski definition) is 5. The fraction of sp³-hybridized carbons (Fsp3) is 0.429. The first kappa shape index (κ1) is 11.6. The van der Waals surface area contributed by atoms with Crippen LogP contribution in [-0.2, 0) is 14.3 Å². The molecule has 0 radical (unpaired) electrons. The Labute approximate surface area is 74.1 Å². The summed E-state index contributed by atoms with van der Waals surface area (Å²) in [6, 6.07) is 0. The molecule has 0 unspecified atom stereocenters. The third-order valence-electron chi connectivity index (χ3n) is 1.03. The second kappa shape index (κ2) is 5.28. The Bertz CT molecular complexity index is 229. The van der Waals surface area contributed by atoms with E-state index in [9.17, 15) is 9.59 Å². The van der Waals surface area contributed by atoms with Crippen LogP contribution in [0.4, 0.5) is 0 Å².